The lowest BCUT2D eigenvalue weighted by atomic mass is 10.1. The lowest BCUT2D eigenvalue weighted by Gasteiger charge is -2.20. The maximum absolute atomic E-state index is 13.2. The fourth-order valence-electron chi connectivity index (χ4n) is 3.03. The maximum Gasteiger partial charge on any atom is 0.306 e. The van der Waals surface area contributed by atoms with Gasteiger partial charge in [-0.25, -0.2) is 9.07 Å². The first-order valence-corrected chi connectivity index (χ1v) is 9.75. The quantitative estimate of drug-likeness (QED) is 0.661. The number of hydrogen-bond donors (Lipinski definition) is 0. The van der Waals surface area contributed by atoms with Crippen molar-refractivity contribution in [2.45, 2.75) is 59.5 Å². The second kappa shape index (κ2) is 9.20. The minimum Gasteiger partial charge on any atom is -0.460 e. The zero-order valence-electron chi connectivity index (χ0n) is 18.1. The molecule has 0 aliphatic rings. The number of nitrogens with zero attached hydrogens (tertiary/aromatic N) is 3. The van der Waals surface area contributed by atoms with Gasteiger partial charge in [-0.05, 0) is 65.3 Å². The number of amides is 1. The molecule has 1 aromatic carbocycles. The summed E-state index contributed by atoms with van der Waals surface area (Å²) >= 11 is 0. The number of ether oxygens (including phenoxy) is 1. The topological polar surface area (TPSA) is 64.4 Å². The first-order chi connectivity index (χ1) is 13.5. The molecule has 0 bridgehead atoms. The normalized spacial score (nSPS) is 11.4. The van der Waals surface area contributed by atoms with Crippen LogP contribution in [0.25, 0.3) is 5.69 Å². The molecule has 6 nitrogen and oxygen atoms in total. The van der Waals surface area contributed by atoms with E-state index in [-0.39, 0.29) is 30.5 Å². The average molecular weight is 403 g/mol. The van der Waals surface area contributed by atoms with Crippen molar-refractivity contribution in [3.63, 3.8) is 0 Å². The molecule has 2 rings (SSSR count). The number of esters is 1. The number of carbonyl (C=O) groups is 2. The van der Waals surface area contributed by atoms with Crippen LogP contribution in [0.3, 0.4) is 0 Å². The molecular formula is C22H30FN3O3. The Morgan fingerprint density at radius 3 is 2.38 bits per heavy atom. The van der Waals surface area contributed by atoms with Crippen molar-refractivity contribution in [1.82, 2.24) is 14.7 Å². The summed E-state index contributed by atoms with van der Waals surface area (Å²) in [5, 5.41) is 4.50. The van der Waals surface area contributed by atoms with E-state index in [0.717, 1.165) is 22.6 Å². The summed E-state index contributed by atoms with van der Waals surface area (Å²) in [4.78, 5) is 26.0. The molecule has 0 saturated heterocycles. The molecule has 0 spiro atoms. The van der Waals surface area contributed by atoms with E-state index in [1.54, 1.807) is 28.8 Å². The summed E-state index contributed by atoms with van der Waals surface area (Å²) in [6, 6.07) is 6.08. The van der Waals surface area contributed by atoms with Gasteiger partial charge in [0.05, 0.1) is 17.8 Å². The van der Waals surface area contributed by atoms with Gasteiger partial charge in [0.25, 0.3) is 0 Å². The molecule has 0 saturated carbocycles. The summed E-state index contributed by atoms with van der Waals surface area (Å²) in [6.45, 7) is 9.72. The maximum atomic E-state index is 13.2. The molecule has 0 radical (unpaired) electrons. The van der Waals surface area contributed by atoms with Crippen LogP contribution in [0.5, 0.6) is 0 Å². The molecule has 0 aliphatic carbocycles. The third-order valence-electron chi connectivity index (χ3n) is 4.56. The fourth-order valence-corrected chi connectivity index (χ4v) is 3.03. The SMILES string of the molecule is Cc1nn(-c2ccc(F)cc2)c(C)c1CC(=O)N(C)CCCC(=O)OC(C)(C)C. The van der Waals surface area contributed by atoms with Crippen LogP contribution in [0.15, 0.2) is 24.3 Å². The minimum absolute atomic E-state index is 0.0426. The summed E-state index contributed by atoms with van der Waals surface area (Å²) < 4.78 is 20.2. The molecule has 0 atom stereocenters. The van der Waals surface area contributed by atoms with Crippen molar-refractivity contribution in [2.75, 3.05) is 13.6 Å². The first-order valence-electron chi connectivity index (χ1n) is 9.75. The van der Waals surface area contributed by atoms with E-state index in [9.17, 15) is 14.0 Å². The highest BCUT2D eigenvalue weighted by Gasteiger charge is 2.19. The molecule has 1 heterocycles. The van der Waals surface area contributed by atoms with E-state index >= 15 is 0 Å². The molecule has 0 unspecified atom stereocenters. The van der Waals surface area contributed by atoms with Crippen LogP contribution in [0.4, 0.5) is 4.39 Å². The Morgan fingerprint density at radius 1 is 1.17 bits per heavy atom. The molecule has 7 heteroatoms. The smallest absolute Gasteiger partial charge is 0.306 e. The minimum atomic E-state index is -0.501. The van der Waals surface area contributed by atoms with E-state index in [1.165, 1.54) is 12.1 Å². The molecule has 158 valence electrons. The van der Waals surface area contributed by atoms with Crippen LogP contribution in [-0.2, 0) is 20.7 Å². The molecule has 0 N–H and O–H groups in total. The molecule has 0 aliphatic heterocycles. The second-order valence-corrected chi connectivity index (χ2v) is 8.22. The lowest BCUT2D eigenvalue weighted by Crippen LogP contribution is -2.30. The summed E-state index contributed by atoms with van der Waals surface area (Å²) in [7, 11) is 1.73. The molecule has 29 heavy (non-hydrogen) atoms. The highest BCUT2D eigenvalue weighted by atomic mass is 19.1. The Kier molecular flexibility index (Phi) is 7.16. The fraction of sp³-hybridized carbons (Fsp3) is 0.500. The van der Waals surface area contributed by atoms with E-state index < -0.39 is 5.60 Å². The summed E-state index contributed by atoms with van der Waals surface area (Å²) in [5.41, 5.74) is 2.72. The van der Waals surface area contributed by atoms with Gasteiger partial charge in [0.2, 0.25) is 5.91 Å². The Morgan fingerprint density at radius 2 is 1.79 bits per heavy atom. The number of rotatable bonds is 7. The Balaban J connectivity index is 1.96. The average Bonchev–Trinajstić information content (AvgIpc) is 2.89. The van der Waals surface area contributed by atoms with Crippen molar-refractivity contribution in [3.8, 4) is 5.69 Å². The largest absolute Gasteiger partial charge is 0.460 e. The molecular weight excluding hydrogens is 373 g/mol. The number of hydrogen-bond acceptors (Lipinski definition) is 4. The van der Waals surface area contributed by atoms with Gasteiger partial charge in [0, 0.05) is 31.3 Å². The first kappa shape index (κ1) is 22.6. The highest BCUT2D eigenvalue weighted by molar-refractivity contribution is 5.79. The zero-order chi connectivity index (χ0) is 21.8. The molecule has 0 fully saturated rings. The van der Waals surface area contributed by atoms with Crippen LogP contribution in [-0.4, -0.2) is 45.8 Å². The van der Waals surface area contributed by atoms with Crippen LogP contribution in [0.1, 0.15) is 50.6 Å². The van der Waals surface area contributed by atoms with Crippen LogP contribution in [0, 0.1) is 19.7 Å². The second-order valence-electron chi connectivity index (χ2n) is 8.22. The van der Waals surface area contributed by atoms with Gasteiger partial charge in [-0.1, -0.05) is 0 Å². The zero-order valence-corrected chi connectivity index (χ0v) is 18.1. The third kappa shape index (κ3) is 6.41. The van der Waals surface area contributed by atoms with Gasteiger partial charge in [0.15, 0.2) is 0 Å². The van der Waals surface area contributed by atoms with Gasteiger partial charge in [-0.2, -0.15) is 5.10 Å². The number of aryl methyl sites for hydroxylation is 1. The molecule has 2 aromatic rings. The summed E-state index contributed by atoms with van der Waals surface area (Å²) in [6.07, 6.45) is 1.04. The van der Waals surface area contributed by atoms with Gasteiger partial charge >= 0.3 is 5.97 Å². The van der Waals surface area contributed by atoms with Crippen LogP contribution < -0.4 is 0 Å². The van der Waals surface area contributed by atoms with Crippen molar-refractivity contribution in [3.05, 3.63) is 47.0 Å². The Bertz CT molecular complexity index is 867. The van der Waals surface area contributed by atoms with Gasteiger partial charge in [-0.3, -0.25) is 9.59 Å². The Hall–Kier alpha value is -2.70. The Labute approximate surface area is 171 Å². The number of benzene rings is 1. The molecule has 1 amide bonds. The van der Waals surface area contributed by atoms with Gasteiger partial charge in [-0.15, -0.1) is 0 Å². The van der Waals surface area contributed by atoms with Crippen LogP contribution >= 0.6 is 0 Å². The highest BCUT2D eigenvalue weighted by Crippen LogP contribution is 2.19. The van der Waals surface area contributed by atoms with E-state index in [4.69, 9.17) is 4.74 Å². The predicted octanol–water partition coefficient (Wildman–Crippen LogP) is 3.75. The number of carbonyl (C=O) groups excluding carboxylic acids is 2. The molecule has 1 aromatic heterocycles. The third-order valence-corrected chi connectivity index (χ3v) is 4.56. The standard InChI is InChI=1S/C22H30FN3O3/c1-15-19(16(2)26(24-15)18-11-9-17(23)10-12-18)14-20(27)25(6)13-7-8-21(28)29-22(3,4)5/h9-12H,7-8,13-14H2,1-6H3. The predicted molar refractivity (Wildman–Crippen MR) is 109 cm³/mol. The monoisotopic (exact) mass is 403 g/mol. The van der Waals surface area contributed by atoms with Crippen molar-refractivity contribution in [1.29, 1.82) is 0 Å². The van der Waals surface area contributed by atoms with E-state index in [2.05, 4.69) is 5.10 Å². The number of halogens is 1. The van der Waals surface area contributed by atoms with Gasteiger partial charge < -0.3 is 9.64 Å². The summed E-state index contributed by atoms with van der Waals surface area (Å²) in [5.74, 6) is -0.608. The van der Waals surface area contributed by atoms with E-state index in [0.29, 0.717) is 13.0 Å². The number of aromatic nitrogens is 2. The van der Waals surface area contributed by atoms with Crippen molar-refractivity contribution >= 4 is 11.9 Å². The van der Waals surface area contributed by atoms with Crippen molar-refractivity contribution < 1.29 is 18.7 Å². The van der Waals surface area contributed by atoms with Gasteiger partial charge in [0.1, 0.15) is 11.4 Å². The van der Waals surface area contributed by atoms with E-state index in [1.807, 2.05) is 34.6 Å². The van der Waals surface area contributed by atoms with Crippen LogP contribution in [0.2, 0.25) is 0 Å². The van der Waals surface area contributed by atoms with Crippen molar-refractivity contribution in [2.24, 2.45) is 0 Å². The lowest BCUT2D eigenvalue weighted by molar-refractivity contribution is -0.155. The number of likely N-dealkylation sites (N-methyl/N-ethyl adjacent to an activating group) is 1.